The summed E-state index contributed by atoms with van der Waals surface area (Å²) in [6.07, 6.45) is 0.802. The molecule has 0 fully saturated rings. The highest BCUT2D eigenvalue weighted by Gasteiger charge is 2.35. The van der Waals surface area contributed by atoms with E-state index in [0.717, 1.165) is 12.0 Å². The molecule has 1 heteroatoms. The smallest absolute Gasteiger partial charge is 0.119 e. The Morgan fingerprint density at radius 2 is 1.15 bits per heavy atom. The van der Waals surface area contributed by atoms with Crippen LogP contribution in [0.4, 0.5) is 0 Å². The van der Waals surface area contributed by atoms with E-state index >= 15 is 0 Å². The van der Waals surface area contributed by atoms with Crippen LogP contribution >= 0.6 is 0 Å². The number of phenols is 1. The Morgan fingerprint density at radius 1 is 0.667 bits per heavy atom. The molecule has 0 aromatic heterocycles. The van der Waals surface area contributed by atoms with Crippen LogP contribution in [0.2, 0.25) is 0 Å². The fourth-order valence-electron chi connectivity index (χ4n) is 4.24. The summed E-state index contributed by atoms with van der Waals surface area (Å²) in [5.74, 6) is 0.393. The van der Waals surface area contributed by atoms with E-state index in [1.165, 1.54) is 22.3 Å². The van der Waals surface area contributed by atoms with Gasteiger partial charge in [0.25, 0.3) is 0 Å². The standard InChI is InChI=1S/C26H30O/c1-6-21-23(27)18-17-22(25(2,3)19-13-9-7-10-14-19)24(21)26(4,5)20-15-11-8-12-16-20/h7-18,27H,6H2,1-5H3. The minimum absolute atomic E-state index is 0.166. The molecule has 0 saturated carbocycles. The van der Waals surface area contributed by atoms with E-state index in [9.17, 15) is 5.11 Å². The van der Waals surface area contributed by atoms with Crippen molar-refractivity contribution in [1.29, 1.82) is 0 Å². The van der Waals surface area contributed by atoms with Crippen molar-refractivity contribution in [2.45, 2.75) is 51.9 Å². The summed E-state index contributed by atoms with van der Waals surface area (Å²) in [6, 6.07) is 25.2. The molecule has 3 aromatic rings. The zero-order valence-corrected chi connectivity index (χ0v) is 17.1. The third-order valence-corrected chi connectivity index (χ3v) is 5.93. The van der Waals surface area contributed by atoms with E-state index in [0.29, 0.717) is 5.75 Å². The summed E-state index contributed by atoms with van der Waals surface area (Å²) < 4.78 is 0. The molecule has 0 bridgehead atoms. The van der Waals surface area contributed by atoms with E-state index in [1.807, 2.05) is 6.07 Å². The van der Waals surface area contributed by atoms with Crippen LogP contribution in [0.3, 0.4) is 0 Å². The summed E-state index contributed by atoms with van der Waals surface area (Å²) >= 11 is 0. The molecule has 140 valence electrons. The lowest BCUT2D eigenvalue weighted by Crippen LogP contribution is -2.29. The predicted octanol–water partition coefficient (Wildman–Crippen LogP) is 6.61. The molecule has 0 aliphatic rings. The van der Waals surface area contributed by atoms with Gasteiger partial charge in [-0.25, -0.2) is 0 Å². The zero-order valence-electron chi connectivity index (χ0n) is 17.1. The van der Waals surface area contributed by atoms with Gasteiger partial charge in [0.2, 0.25) is 0 Å². The second-order valence-electron chi connectivity index (χ2n) is 8.32. The second kappa shape index (κ2) is 7.23. The molecule has 3 rings (SSSR count). The minimum atomic E-state index is -0.216. The van der Waals surface area contributed by atoms with Crippen molar-refractivity contribution in [3.05, 3.63) is 101 Å². The Hall–Kier alpha value is -2.54. The molecule has 0 heterocycles. The SMILES string of the molecule is CCc1c(O)ccc(C(C)(C)c2ccccc2)c1C(C)(C)c1ccccc1. The summed E-state index contributed by atoms with van der Waals surface area (Å²) in [5, 5.41) is 10.7. The van der Waals surface area contributed by atoms with Crippen LogP contribution < -0.4 is 0 Å². The first-order valence-electron chi connectivity index (χ1n) is 9.77. The molecule has 1 nitrogen and oxygen atoms in total. The Kier molecular flexibility index (Phi) is 5.15. The van der Waals surface area contributed by atoms with Crippen LogP contribution in [0.15, 0.2) is 72.8 Å². The van der Waals surface area contributed by atoms with Gasteiger partial charge < -0.3 is 5.11 Å². The number of hydrogen-bond donors (Lipinski definition) is 1. The van der Waals surface area contributed by atoms with Crippen LogP contribution in [0.1, 0.15) is 62.4 Å². The summed E-state index contributed by atoms with van der Waals surface area (Å²) in [4.78, 5) is 0. The van der Waals surface area contributed by atoms with Gasteiger partial charge in [-0.05, 0) is 40.3 Å². The number of rotatable bonds is 5. The zero-order chi connectivity index (χ0) is 19.7. The van der Waals surface area contributed by atoms with Crippen molar-refractivity contribution in [2.24, 2.45) is 0 Å². The highest BCUT2D eigenvalue weighted by molar-refractivity contribution is 5.56. The first-order chi connectivity index (χ1) is 12.8. The molecule has 0 radical (unpaired) electrons. The third-order valence-electron chi connectivity index (χ3n) is 5.93. The van der Waals surface area contributed by atoms with Gasteiger partial charge in [-0.1, -0.05) is 101 Å². The highest BCUT2D eigenvalue weighted by atomic mass is 16.3. The number of aromatic hydroxyl groups is 1. The van der Waals surface area contributed by atoms with Crippen molar-refractivity contribution in [1.82, 2.24) is 0 Å². The number of benzene rings is 3. The highest BCUT2D eigenvalue weighted by Crippen LogP contribution is 2.45. The maximum atomic E-state index is 10.7. The van der Waals surface area contributed by atoms with Crippen molar-refractivity contribution < 1.29 is 5.11 Å². The van der Waals surface area contributed by atoms with Crippen LogP contribution in [0.25, 0.3) is 0 Å². The number of phenolic OH excluding ortho intramolecular Hbond substituents is 1. The monoisotopic (exact) mass is 358 g/mol. The van der Waals surface area contributed by atoms with Gasteiger partial charge in [-0.15, -0.1) is 0 Å². The lowest BCUT2D eigenvalue weighted by molar-refractivity contribution is 0.461. The fraction of sp³-hybridized carbons (Fsp3) is 0.308. The Morgan fingerprint density at radius 3 is 1.63 bits per heavy atom. The van der Waals surface area contributed by atoms with Gasteiger partial charge in [0, 0.05) is 10.8 Å². The molecular formula is C26H30O. The molecule has 0 amide bonds. The third kappa shape index (κ3) is 3.39. The first kappa shape index (κ1) is 19.2. The molecule has 0 aliphatic carbocycles. The first-order valence-corrected chi connectivity index (χ1v) is 9.77. The van der Waals surface area contributed by atoms with Gasteiger partial charge >= 0.3 is 0 Å². The maximum Gasteiger partial charge on any atom is 0.119 e. The molecule has 0 atom stereocenters. The van der Waals surface area contributed by atoms with E-state index in [-0.39, 0.29) is 10.8 Å². The largest absolute Gasteiger partial charge is 0.508 e. The molecule has 0 unspecified atom stereocenters. The van der Waals surface area contributed by atoms with Crippen LogP contribution in [0.5, 0.6) is 5.75 Å². The average molecular weight is 359 g/mol. The Labute approximate surface area is 163 Å². The molecular weight excluding hydrogens is 328 g/mol. The normalized spacial score (nSPS) is 12.2. The van der Waals surface area contributed by atoms with Crippen LogP contribution in [0, 0.1) is 0 Å². The molecule has 0 saturated heterocycles. The quantitative estimate of drug-likeness (QED) is 0.544. The van der Waals surface area contributed by atoms with Gasteiger partial charge in [-0.2, -0.15) is 0 Å². The van der Waals surface area contributed by atoms with E-state index in [1.54, 1.807) is 0 Å². The lowest BCUT2D eigenvalue weighted by Gasteiger charge is -2.37. The topological polar surface area (TPSA) is 20.2 Å². The van der Waals surface area contributed by atoms with Crippen molar-refractivity contribution in [3.8, 4) is 5.75 Å². The fourth-order valence-corrected chi connectivity index (χ4v) is 4.24. The molecule has 0 spiro atoms. The molecule has 27 heavy (non-hydrogen) atoms. The number of hydrogen-bond acceptors (Lipinski definition) is 1. The lowest BCUT2D eigenvalue weighted by atomic mass is 9.66. The van der Waals surface area contributed by atoms with Gasteiger partial charge in [0.1, 0.15) is 5.75 Å². The van der Waals surface area contributed by atoms with E-state index in [2.05, 4.69) is 101 Å². The second-order valence-corrected chi connectivity index (χ2v) is 8.32. The predicted molar refractivity (Wildman–Crippen MR) is 115 cm³/mol. The van der Waals surface area contributed by atoms with Crippen molar-refractivity contribution in [2.75, 3.05) is 0 Å². The molecule has 3 aromatic carbocycles. The summed E-state index contributed by atoms with van der Waals surface area (Å²) in [5.41, 5.74) is 5.72. The van der Waals surface area contributed by atoms with Gasteiger partial charge in [0.15, 0.2) is 0 Å². The van der Waals surface area contributed by atoms with Gasteiger partial charge in [0.05, 0.1) is 0 Å². The van der Waals surface area contributed by atoms with E-state index in [4.69, 9.17) is 0 Å². The average Bonchev–Trinajstić information content (AvgIpc) is 2.68. The van der Waals surface area contributed by atoms with Gasteiger partial charge in [-0.3, -0.25) is 0 Å². The Balaban J connectivity index is 2.31. The van der Waals surface area contributed by atoms with Crippen LogP contribution in [-0.2, 0) is 17.3 Å². The summed E-state index contributed by atoms with van der Waals surface area (Å²) in [7, 11) is 0. The minimum Gasteiger partial charge on any atom is -0.508 e. The van der Waals surface area contributed by atoms with Crippen LogP contribution in [-0.4, -0.2) is 5.11 Å². The molecule has 0 aliphatic heterocycles. The maximum absolute atomic E-state index is 10.7. The van der Waals surface area contributed by atoms with Crippen molar-refractivity contribution >= 4 is 0 Å². The summed E-state index contributed by atoms with van der Waals surface area (Å²) in [6.45, 7) is 11.2. The van der Waals surface area contributed by atoms with Crippen molar-refractivity contribution in [3.63, 3.8) is 0 Å². The Bertz CT molecular complexity index is 906. The van der Waals surface area contributed by atoms with E-state index < -0.39 is 0 Å². The molecule has 1 N–H and O–H groups in total.